The molecule has 126 valence electrons. The summed E-state index contributed by atoms with van der Waals surface area (Å²) >= 11 is 0. The molecule has 11 heteroatoms. The molecule has 0 radical (unpaired) electrons. The molecule has 1 heterocycles. The minimum Gasteiger partial charge on any atom is -0.462 e. The minimum absolute atomic E-state index is 0.00775. The number of rotatable bonds is 4. The van der Waals surface area contributed by atoms with Gasteiger partial charge in [-0.3, -0.25) is 4.68 Å². The number of aryl methyl sites for hydroxylation is 1. The quantitative estimate of drug-likeness (QED) is 0.475. The highest BCUT2D eigenvalue weighted by Crippen LogP contribution is 2.32. The first-order valence-corrected chi connectivity index (χ1v) is 7.61. The van der Waals surface area contributed by atoms with Gasteiger partial charge in [-0.05, 0) is 19.1 Å². The van der Waals surface area contributed by atoms with Gasteiger partial charge in [0.05, 0.1) is 23.1 Å². The molecule has 0 aliphatic heterocycles. The van der Waals surface area contributed by atoms with Crippen molar-refractivity contribution in [3.63, 3.8) is 0 Å². The molecule has 0 saturated carbocycles. The van der Waals surface area contributed by atoms with Gasteiger partial charge in [0.2, 0.25) is 0 Å². The summed E-state index contributed by atoms with van der Waals surface area (Å²) < 4.78 is 69.9. The van der Waals surface area contributed by atoms with E-state index in [1.54, 1.807) is 6.92 Å². The van der Waals surface area contributed by atoms with Crippen molar-refractivity contribution in [3.05, 3.63) is 23.9 Å². The van der Waals surface area contributed by atoms with Gasteiger partial charge < -0.3 is 8.92 Å². The van der Waals surface area contributed by atoms with Crippen molar-refractivity contribution < 1.29 is 35.3 Å². The first-order valence-electron chi connectivity index (χ1n) is 6.20. The van der Waals surface area contributed by atoms with Crippen molar-refractivity contribution in [2.24, 2.45) is 7.05 Å². The first kappa shape index (κ1) is 17.1. The molecule has 0 bridgehead atoms. The van der Waals surface area contributed by atoms with E-state index in [0.29, 0.717) is 0 Å². The Bertz CT molecular complexity index is 857. The molecule has 0 aliphatic carbocycles. The molecule has 0 spiro atoms. The fourth-order valence-corrected chi connectivity index (χ4v) is 2.25. The standard InChI is InChI=1S/C12H11F3N2O5S/c1-3-21-11(18)7-4-9-8(6-17(2)16-9)10(5-7)22-23(19,20)12(13,14)15/h4-6H,3H2,1-2H3. The molecule has 23 heavy (non-hydrogen) atoms. The summed E-state index contributed by atoms with van der Waals surface area (Å²) in [5.74, 6) is -1.50. The number of ether oxygens (including phenoxy) is 1. The predicted molar refractivity (Wildman–Crippen MR) is 72.3 cm³/mol. The van der Waals surface area contributed by atoms with Crippen molar-refractivity contribution in [3.8, 4) is 5.75 Å². The lowest BCUT2D eigenvalue weighted by atomic mass is 10.1. The average Bonchev–Trinajstić information content (AvgIpc) is 2.78. The number of esters is 1. The zero-order valence-corrected chi connectivity index (χ0v) is 12.7. The second-order valence-electron chi connectivity index (χ2n) is 4.41. The molecule has 2 rings (SSSR count). The number of benzene rings is 1. The van der Waals surface area contributed by atoms with Gasteiger partial charge in [0.1, 0.15) is 0 Å². The van der Waals surface area contributed by atoms with Gasteiger partial charge >= 0.3 is 21.6 Å². The van der Waals surface area contributed by atoms with Crippen LogP contribution in [0.4, 0.5) is 13.2 Å². The van der Waals surface area contributed by atoms with Crippen LogP contribution in [0.3, 0.4) is 0 Å². The fraction of sp³-hybridized carbons (Fsp3) is 0.333. The smallest absolute Gasteiger partial charge is 0.462 e. The number of carbonyl (C=O) groups is 1. The normalized spacial score (nSPS) is 12.4. The zero-order valence-electron chi connectivity index (χ0n) is 11.9. The van der Waals surface area contributed by atoms with Crippen molar-refractivity contribution in [1.29, 1.82) is 0 Å². The van der Waals surface area contributed by atoms with E-state index in [4.69, 9.17) is 4.74 Å². The topological polar surface area (TPSA) is 87.5 Å². The van der Waals surface area contributed by atoms with E-state index in [0.717, 1.165) is 6.07 Å². The predicted octanol–water partition coefficient (Wildman–Crippen LogP) is 1.98. The van der Waals surface area contributed by atoms with Crippen LogP contribution in [-0.4, -0.2) is 36.3 Å². The number of hydrogen-bond acceptors (Lipinski definition) is 6. The number of carbonyl (C=O) groups excluding carboxylic acids is 1. The van der Waals surface area contributed by atoms with E-state index in [9.17, 15) is 26.4 Å². The third-order valence-corrected chi connectivity index (χ3v) is 3.66. The summed E-state index contributed by atoms with van der Waals surface area (Å²) in [6.45, 7) is 1.58. The van der Waals surface area contributed by atoms with Crippen LogP contribution in [0, 0.1) is 0 Å². The Morgan fingerprint density at radius 2 is 2.00 bits per heavy atom. The fourth-order valence-electron chi connectivity index (χ4n) is 1.78. The van der Waals surface area contributed by atoms with Gasteiger partial charge in [-0.15, -0.1) is 0 Å². The van der Waals surface area contributed by atoms with Crippen LogP contribution in [0.1, 0.15) is 17.3 Å². The number of nitrogens with zero attached hydrogens (tertiary/aromatic N) is 2. The molecule has 0 aliphatic rings. The van der Waals surface area contributed by atoms with Gasteiger partial charge in [0, 0.05) is 13.2 Å². The lowest BCUT2D eigenvalue weighted by Gasteiger charge is -2.11. The molecule has 7 nitrogen and oxygen atoms in total. The molecule has 0 saturated heterocycles. The number of alkyl halides is 3. The highest BCUT2D eigenvalue weighted by Gasteiger charge is 2.48. The average molecular weight is 352 g/mol. The minimum atomic E-state index is -5.88. The summed E-state index contributed by atoms with van der Waals surface area (Å²) in [4.78, 5) is 11.7. The Morgan fingerprint density at radius 3 is 2.57 bits per heavy atom. The maximum absolute atomic E-state index is 12.5. The zero-order chi connectivity index (χ0) is 17.4. The van der Waals surface area contributed by atoms with Crippen molar-refractivity contribution in [2.45, 2.75) is 12.4 Å². The molecule has 0 amide bonds. The lowest BCUT2D eigenvalue weighted by molar-refractivity contribution is -0.0499. The lowest BCUT2D eigenvalue weighted by Crippen LogP contribution is -2.28. The Hall–Kier alpha value is -2.30. The van der Waals surface area contributed by atoms with Crippen LogP contribution < -0.4 is 4.18 Å². The van der Waals surface area contributed by atoms with E-state index in [1.165, 1.54) is 24.0 Å². The maximum Gasteiger partial charge on any atom is 0.534 e. The molecular weight excluding hydrogens is 341 g/mol. The molecule has 2 aromatic rings. The number of aromatic nitrogens is 2. The number of fused-ring (bicyclic) bond motifs is 1. The summed E-state index contributed by atoms with van der Waals surface area (Å²) in [5, 5.41) is 3.93. The Balaban J connectivity index is 2.59. The second-order valence-corrected chi connectivity index (χ2v) is 5.95. The summed E-state index contributed by atoms with van der Waals surface area (Å²) in [5.41, 5.74) is -5.68. The van der Waals surface area contributed by atoms with Crippen LogP contribution >= 0.6 is 0 Å². The molecule has 1 aromatic heterocycles. The van der Waals surface area contributed by atoms with Gasteiger partial charge in [-0.25, -0.2) is 4.79 Å². The van der Waals surface area contributed by atoms with Crippen LogP contribution in [0.5, 0.6) is 5.75 Å². The molecule has 0 fully saturated rings. The monoisotopic (exact) mass is 352 g/mol. The second kappa shape index (κ2) is 5.72. The van der Waals surface area contributed by atoms with Crippen LogP contribution in [0.25, 0.3) is 10.9 Å². The van der Waals surface area contributed by atoms with Crippen molar-refractivity contribution in [2.75, 3.05) is 6.61 Å². The highest BCUT2D eigenvalue weighted by molar-refractivity contribution is 7.88. The largest absolute Gasteiger partial charge is 0.534 e. The van der Waals surface area contributed by atoms with E-state index in [2.05, 4.69) is 9.28 Å². The number of hydrogen-bond donors (Lipinski definition) is 0. The Labute approximate surface area is 128 Å². The van der Waals surface area contributed by atoms with Crippen LogP contribution in [-0.2, 0) is 21.9 Å². The Kier molecular flexibility index (Phi) is 4.24. The van der Waals surface area contributed by atoms with E-state index in [-0.39, 0.29) is 23.1 Å². The number of halogens is 3. The molecule has 0 unspecified atom stereocenters. The van der Waals surface area contributed by atoms with Crippen LogP contribution in [0.15, 0.2) is 18.3 Å². The highest BCUT2D eigenvalue weighted by atomic mass is 32.2. The van der Waals surface area contributed by atoms with Crippen molar-refractivity contribution in [1.82, 2.24) is 9.78 Å². The van der Waals surface area contributed by atoms with E-state index < -0.39 is 27.3 Å². The molecular formula is C12H11F3N2O5S. The third kappa shape index (κ3) is 3.38. The maximum atomic E-state index is 12.5. The first-order chi connectivity index (χ1) is 10.5. The van der Waals surface area contributed by atoms with Gasteiger partial charge in [-0.1, -0.05) is 0 Å². The van der Waals surface area contributed by atoms with E-state index in [1.807, 2.05) is 0 Å². The summed E-state index contributed by atoms with van der Waals surface area (Å²) in [6.07, 6.45) is 1.27. The summed E-state index contributed by atoms with van der Waals surface area (Å²) in [7, 11) is -4.40. The van der Waals surface area contributed by atoms with Crippen molar-refractivity contribution >= 4 is 27.0 Å². The van der Waals surface area contributed by atoms with Gasteiger partial charge in [0.15, 0.2) is 5.75 Å². The third-order valence-electron chi connectivity index (χ3n) is 2.70. The van der Waals surface area contributed by atoms with Gasteiger partial charge in [0.25, 0.3) is 0 Å². The van der Waals surface area contributed by atoms with E-state index >= 15 is 0 Å². The molecule has 0 N–H and O–H groups in total. The SMILES string of the molecule is CCOC(=O)c1cc(OS(=O)(=O)C(F)(F)F)c2cn(C)nc2c1. The Morgan fingerprint density at radius 1 is 1.35 bits per heavy atom. The van der Waals surface area contributed by atoms with Crippen LogP contribution in [0.2, 0.25) is 0 Å². The molecule has 0 atom stereocenters. The summed E-state index contributed by atoms with van der Waals surface area (Å²) in [6, 6.07) is 2.13. The van der Waals surface area contributed by atoms with Gasteiger partial charge in [-0.2, -0.15) is 26.7 Å². The molecule has 1 aromatic carbocycles.